The van der Waals surface area contributed by atoms with Crippen molar-refractivity contribution in [2.75, 3.05) is 26.4 Å². The Morgan fingerprint density at radius 3 is 0.541 bits per heavy atom. The minimum absolute atomic E-state index is 0.0338. The van der Waals surface area contributed by atoms with Gasteiger partial charge in [-0.1, -0.05) is 15.9 Å². The minimum Gasteiger partial charge on any atom is -0.493 e. The van der Waals surface area contributed by atoms with Crippen LogP contribution >= 0.6 is 15.9 Å². The van der Waals surface area contributed by atoms with Crippen LogP contribution in [0.15, 0.2) is 42.5 Å². The van der Waals surface area contributed by atoms with Gasteiger partial charge in [-0.15, -0.1) is 0 Å². The lowest BCUT2D eigenvalue weighted by molar-refractivity contribution is -0.440. The van der Waals surface area contributed by atoms with E-state index in [0.29, 0.717) is 0 Å². The van der Waals surface area contributed by atoms with Crippen molar-refractivity contribution in [2.24, 2.45) is 0 Å². The molecule has 0 aliphatic rings. The van der Waals surface area contributed by atoms with E-state index in [2.05, 4.69) is 15.9 Å². The number of halogens is 53. The lowest BCUT2D eigenvalue weighted by atomic mass is 9.92. The predicted octanol–water partition coefficient (Wildman–Crippen LogP) is 27.5. The fraction of sp³-hybridized carbons (Fsp3) is 0.714. The van der Waals surface area contributed by atoms with Gasteiger partial charge < -0.3 is 28.4 Å². The molecule has 3 aromatic rings. The van der Waals surface area contributed by atoms with Crippen LogP contribution in [-0.2, 0) is 18.5 Å². The normalized spacial score (nSPS) is 15.1. The molecule has 3 rings (SSSR count). The van der Waals surface area contributed by atoms with Crippen LogP contribution in [0, 0.1) is 13.8 Å². The summed E-state index contributed by atoms with van der Waals surface area (Å²) >= 11 is 3.01. The maximum Gasteiger partial charge on any atom is 0.460 e. The topological polar surface area (TPSA) is 55.4 Å². The number of rotatable bonds is 47. The Kier molecular flexibility index (Phi) is 32.2. The van der Waals surface area contributed by atoms with E-state index < -0.39 is 317 Å². The molecule has 0 N–H and O–H groups in total. The second kappa shape index (κ2) is 35.9. The molecule has 0 saturated heterocycles. The molecule has 59 heteroatoms. The molecule has 0 atom stereocenters. The molecular weight excluding hydrogens is 1920 g/mol. The molecule has 710 valence electrons. The highest BCUT2D eigenvalue weighted by Gasteiger charge is 2.95. The molecule has 6 nitrogen and oxygen atoms in total. The van der Waals surface area contributed by atoms with Gasteiger partial charge in [0.15, 0.2) is 0 Å². The summed E-state index contributed by atoms with van der Waals surface area (Å²) in [4.78, 5) is 0. The van der Waals surface area contributed by atoms with Gasteiger partial charge in [-0.25, -0.2) is 0 Å². The summed E-state index contributed by atoms with van der Waals surface area (Å²) in [5, 5.41) is -0.278. The van der Waals surface area contributed by atoms with Crippen LogP contribution < -0.4 is 28.4 Å². The largest absolute Gasteiger partial charge is 0.493 e. The number of benzene rings is 3. The van der Waals surface area contributed by atoms with Crippen molar-refractivity contribution in [3.8, 4) is 34.5 Å². The van der Waals surface area contributed by atoms with Crippen LogP contribution in [0.2, 0.25) is 0 Å². The molecule has 3 aromatic carbocycles. The summed E-state index contributed by atoms with van der Waals surface area (Å²) < 4.78 is 746. The quantitative estimate of drug-likeness (QED) is 0.0319. The summed E-state index contributed by atoms with van der Waals surface area (Å²) in [5.41, 5.74) is -1.74. The first-order valence-corrected chi connectivity index (χ1v) is 33.7. The lowest BCUT2D eigenvalue weighted by Gasteiger charge is -2.39. The average Bonchev–Trinajstić information content (AvgIpc) is 0.726. The summed E-state index contributed by atoms with van der Waals surface area (Å²) in [6, 6.07) is 6.23. The molecule has 0 fully saturated rings. The second-order valence-corrected chi connectivity index (χ2v) is 26.7. The van der Waals surface area contributed by atoms with E-state index >= 15 is 0 Å². The lowest BCUT2D eigenvalue weighted by Crippen LogP contribution is -2.70. The third-order valence-electron chi connectivity index (χ3n) is 17.2. The summed E-state index contributed by atoms with van der Waals surface area (Å²) in [6.45, 7) is -4.99. The smallest absolute Gasteiger partial charge is 0.460 e. The van der Waals surface area contributed by atoms with E-state index in [1.165, 1.54) is 0 Å². The predicted molar refractivity (Wildman–Crippen MR) is 311 cm³/mol. The molecule has 0 heterocycles. The van der Waals surface area contributed by atoms with Crippen LogP contribution in [0.1, 0.15) is 105 Å². The molecule has 0 spiro atoms. The van der Waals surface area contributed by atoms with Gasteiger partial charge in [-0.05, 0) is 118 Å². The number of unbranched alkanes of at least 4 members (excludes halogenated alkanes) is 4. The van der Waals surface area contributed by atoms with Gasteiger partial charge in [-0.3, -0.25) is 0 Å². The standard InChI is InChI=1S/C63H51BrF52O6/c1-29-36(117-15-7-3-11-40(65,66)44(73,74)48(81,82)52(89,90)56(97,98)60(105,106)107)21-32(22-37(29)118-16-8-4-12-41(67,68)45(75,76)49(83,84)53(91,92)57(99,100)61(108,109)110)27-121-34-19-31(26-64)20-35(25-34)122-28-33-23-38(119-17-9-5-13-42(69,70)46(77,78)50(85,86)54(93,94)58(101,102)62(111,112)113)30(2)39(24-33)120-18-10-6-14-43(71,72)47(79,80)51(87,88)55(95,96)59(103,104)63(114,115)116/h19-25H,3-18,26-28H2,1-2H3. The van der Waals surface area contributed by atoms with Gasteiger partial charge in [0.05, 0.1) is 26.4 Å². The minimum atomic E-state index is -8.30. The first-order chi connectivity index (χ1) is 54.0. The van der Waals surface area contributed by atoms with Gasteiger partial charge >= 0.3 is 143 Å². The van der Waals surface area contributed by atoms with Crippen LogP contribution in [-0.4, -0.2) is 170 Å². The molecule has 0 bridgehead atoms. The third-order valence-corrected chi connectivity index (χ3v) is 17.9. The molecule has 0 amide bonds. The number of alkyl halides is 53. The van der Waals surface area contributed by atoms with Crippen molar-refractivity contribution in [3.05, 3.63) is 70.3 Å². The molecule has 0 radical (unpaired) electrons. The Labute approximate surface area is 655 Å². The van der Waals surface area contributed by atoms with Crippen molar-refractivity contribution in [3.63, 3.8) is 0 Å². The Balaban J connectivity index is 2.09. The maximum atomic E-state index is 14.6. The van der Waals surface area contributed by atoms with Crippen LogP contribution in [0.25, 0.3) is 0 Å². The number of hydrogen-bond donors (Lipinski definition) is 0. The Bertz CT molecular complexity index is 3500. The van der Waals surface area contributed by atoms with Crippen molar-refractivity contribution in [1.29, 1.82) is 0 Å². The van der Waals surface area contributed by atoms with Gasteiger partial charge in [0.1, 0.15) is 47.7 Å². The van der Waals surface area contributed by atoms with E-state index in [-0.39, 0.29) is 10.9 Å². The molecule has 0 saturated carbocycles. The highest BCUT2D eigenvalue weighted by atomic mass is 79.9. The summed E-state index contributed by atoms with van der Waals surface area (Å²) in [7, 11) is 0. The fourth-order valence-electron chi connectivity index (χ4n) is 9.77. The third kappa shape index (κ3) is 20.3. The highest BCUT2D eigenvalue weighted by Crippen LogP contribution is 2.66. The first kappa shape index (κ1) is 109. The zero-order valence-electron chi connectivity index (χ0n) is 59.5. The van der Waals surface area contributed by atoms with Gasteiger partial charge in [0.25, 0.3) is 0 Å². The zero-order chi connectivity index (χ0) is 96.0. The summed E-state index contributed by atoms with van der Waals surface area (Å²) in [6.07, 6.45) is -53.6. The van der Waals surface area contributed by atoms with Crippen molar-refractivity contribution < 1.29 is 257 Å². The van der Waals surface area contributed by atoms with Crippen LogP contribution in [0.4, 0.5) is 228 Å². The molecule has 0 unspecified atom stereocenters. The molecule has 122 heavy (non-hydrogen) atoms. The summed E-state index contributed by atoms with van der Waals surface area (Å²) in [5.74, 6) is -160. The first-order valence-electron chi connectivity index (χ1n) is 32.6. The molecular formula is C63H51BrF52O6. The molecule has 0 aromatic heterocycles. The molecule has 0 aliphatic carbocycles. The van der Waals surface area contributed by atoms with Crippen LogP contribution in [0.5, 0.6) is 34.5 Å². The molecule has 0 aliphatic heterocycles. The maximum absolute atomic E-state index is 14.6. The number of hydrogen-bond acceptors (Lipinski definition) is 6. The van der Waals surface area contributed by atoms with E-state index in [4.69, 9.17) is 28.4 Å². The van der Waals surface area contributed by atoms with Gasteiger partial charge in [-0.2, -0.15) is 228 Å². The van der Waals surface area contributed by atoms with E-state index in [1.807, 2.05) is 0 Å². The number of ether oxygens (including phenoxy) is 6. The second-order valence-electron chi connectivity index (χ2n) is 26.2. The fourth-order valence-corrected chi connectivity index (χ4v) is 10.1. The average molecular weight is 1970 g/mol. The Morgan fingerprint density at radius 1 is 0.205 bits per heavy atom. The van der Waals surface area contributed by atoms with E-state index in [0.717, 1.165) is 56.3 Å². The van der Waals surface area contributed by atoms with Gasteiger partial charge in [0.2, 0.25) is 0 Å². The van der Waals surface area contributed by atoms with Crippen molar-refractivity contribution >= 4 is 15.9 Å². The zero-order valence-corrected chi connectivity index (χ0v) is 61.0. The van der Waals surface area contributed by atoms with Crippen LogP contribution in [0.3, 0.4) is 0 Å². The van der Waals surface area contributed by atoms with Crippen molar-refractivity contribution in [2.45, 2.75) is 253 Å². The SMILES string of the molecule is Cc1c(OCCCCC(F)(F)C(F)(F)C(F)(F)C(F)(F)C(F)(F)C(F)(F)F)cc(COc2cc(CBr)cc(OCc3cc(OCCCCC(F)(F)C(F)(F)C(F)(F)C(F)(F)C(F)(F)C(F)(F)F)c(C)c(OCCCCC(F)(F)C(F)(F)C(F)(F)C(F)(F)C(F)(F)C(F)(F)F)c3)c2)cc1OCCCCC(F)(F)C(F)(F)C(F)(F)C(F)(F)C(F)(F)C(F)(F)F. The highest BCUT2D eigenvalue weighted by molar-refractivity contribution is 9.08. The Morgan fingerprint density at radius 2 is 0.377 bits per heavy atom. The van der Waals surface area contributed by atoms with E-state index in [9.17, 15) is 228 Å². The Hall–Kier alpha value is -6.70. The monoisotopic (exact) mass is 1970 g/mol. The van der Waals surface area contributed by atoms with Crippen molar-refractivity contribution in [1.82, 2.24) is 0 Å². The van der Waals surface area contributed by atoms with Gasteiger partial charge in [0, 0.05) is 48.2 Å². The van der Waals surface area contributed by atoms with E-state index in [1.54, 1.807) is 0 Å².